The number of halogens is 3. The summed E-state index contributed by atoms with van der Waals surface area (Å²) in [5.74, 6) is 0. The molecule has 0 rings (SSSR count). The van der Waals surface area contributed by atoms with E-state index in [4.69, 9.17) is 4.74 Å². The van der Waals surface area contributed by atoms with Crippen LogP contribution in [-0.4, -0.2) is 26.4 Å². The van der Waals surface area contributed by atoms with Crippen molar-refractivity contribution in [2.75, 3.05) is 20.3 Å². The van der Waals surface area contributed by atoms with Crippen LogP contribution in [0.5, 0.6) is 0 Å². The van der Waals surface area contributed by atoms with Gasteiger partial charge < -0.3 is 10.2 Å². The molecule has 0 heterocycles. The Balaban J connectivity index is 3.89. The first kappa shape index (κ1) is 14.0. The number of hydrazine groups is 1. The van der Waals surface area contributed by atoms with E-state index in [1.54, 1.807) is 0 Å². The van der Waals surface area contributed by atoms with Crippen LogP contribution in [0, 0.1) is 0 Å². The van der Waals surface area contributed by atoms with E-state index in [1.165, 1.54) is 7.11 Å². The average Bonchev–Trinajstić information content (AvgIpc) is 2.14. The largest absolute Gasteiger partial charge is 0.432 e. The molecule has 0 atom stereocenters. The lowest BCUT2D eigenvalue weighted by Gasteiger charge is -2.14. The SMILES string of the molecule is C=C/C=C(\NNCCCOC)C(F)(F)F. The average molecular weight is 224 g/mol. The Morgan fingerprint density at radius 2 is 2.13 bits per heavy atom. The summed E-state index contributed by atoms with van der Waals surface area (Å²) < 4.78 is 41.5. The molecule has 0 spiro atoms. The zero-order valence-corrected chi connectivity index (χ0v) is 8.53. The first-order valence-electron chi connectivity index (χ1n) is 4.40. The molecule has 6 heteroatoms. The molecule has 0 saturated carbocycles. The van der Waals surface area contributed by atoms with Gasteiger partial charge in [0.25, 0.3) is 0 Å². The molecule has 0 aromatic rings. The summed E-state index contributed by atoms with van der Waals surface area (Å²) in [4.78, 5) is 0. The van der Waals surface area contributed by atoms with Crippen molar-refractivity contribution in [2.24, 2.45) is 0 Å². The summed E-state index contributed by atoms with van der Waals surface area (Å²) in [6.07, 6.45) is -1.83. The Hall–Kier alpha value is -1.01. The van der Waals surface area contributed by atoms with Gasteiger partial charge in [0.2, 0.25) is 0 Å². The number of ether oxygens (including phenoxy) is 1. The van der Waals surface area contributed by atoms with Crippen molar-refractivity contribution in [3.8, 4) is 0 Å². The van der Waals surface area contributed by atoms with Gasteiger partial charge in [-0.15, -0.1) is 0 Å². The maximum atomic E-state index is 12.2. The van der Waals surface area contributed by atoms with Crippen LogP contribution in [-0.2, 0) is 4.74 Å². The summed E-state index contributed by atoms with van der Waals surface area (Å²) >= 11 is 0. The third-order valence-electron chi connectivity index (χ3n) is 1.46. The van der Waals surface area contributed by atoms with Crippen molar-refractivity contribution < 1.29 is 17.9 Å². The molecule has 0 bridgehead atoms. The molecule has 0 amide bonds. The van der Waals surface area contributed by atoms with Gasteiger partial charge in [-0.1, -0.05) is 12.7 Å². The van der Waals surface area contributed by atoms with Crippen molar-refractivity contribution in [3.05, 3.63) is 24.4 Å². The van der Waals surface area contributed by atoms with Gasteiger partial charge in [-0.2, -0.15) is 13.2 Å². The second-order valence-electron chi connectivity index (χ2n) is 2.71. The van der Waals surface area contributed by atoms with Gasteiger partial charge in [-0.3, -0.25) is 0 Å². The number of methoxy groups -OCH3 is 1. The topological polar surface area (TPSA) is 33.3 Å². The third kappa shape index (κ3) is 6.98. The second kappa shape index (κ2) is 7.30. The molecular weight excluding hydrogens is 209 g/mol. The van der Waals surface area contributed by atoms with Crippen LogP contribution < -0.4 is 10.9 Å². The Kier molecular flexibility index (Phi) is 6.81. The van der Waals surface area contributed by atoms with Crippen LogP contribution in [0.15, 0.2) is 24.4 Å². The first-order chi connectivity index (χ1) is 7.02. The van der Waals surface area contributed by atoms with Crippen LogP contribution in [0.2, 0.25) is 0 Å². The van der Waals surface area contributed by atoms with Crippen molar-refractivity contribution in [1.29, 1.82) is 0 Å². The molecule has 0 fully saturated rings. The van der Waals surface area contributed by atoms with Gasteiger partial charge in [-0.25, -0.2) is 5.43 Å². The Morgan fingerprint density at radius 3 is 2.60 bits per heavy atom. The minimum atomic E-state index is -4.40. The summed E-state index contributed by atoms with van der Waals surface area (Å²) in [7, 11) is 1.53. The minimum Gasteiger partial charge on any atom is -0.385 e. The molecule has 15 heavy (non-hydrogen) atoms. The highest BCUT2D eigenvalue weighted by Crippen LogP contribution is 2.22. The van der Waals surface area contributed by atoms with Crippen LogP contribution in [0.3, 0.4) is 0 Å². The summed E-state index contributed by atoms with van der Waals surface area (Å²) in [5, 5.41) is 0. The Labute approximate surface area is 87.0 Å². The van der Waals surface area contributed by atoms with Crippen molar-refractivity contribution in [2.45, 2.75) is 12.6 Å². The monoisotopic (exact) mass is 224 g/mol. The highest BCUT2D eigenvalue weighted by atomic mass is 19.4. The summed E-state index contributed by atoms with van der Waals surface area (Å²) in [6.45, 7) is 4.10. The zero-order valence-electron chi connectivity index (χ0n) is 8.53. The van der Waals surface area contributed by atoms with E-state index in [0.29, 0.717) is 19.6 Å². The van der Waals surface area contributed by atoms with E-state index >= 15 is 0 Å². The normalized spacial score (nSPS) is 12.7. The standard InChI is InChI=1S/C9H15F3N2O/c1-3-5-8(9(10,11)12)14-13-6-4-7-15-2/h3,5,13-14H,1,4,6-7H2,2H3/b8-5-. The fourth-order valence-corrected chi connectivity index (χ4v) is 0.787. The highest BCUT2D eigenvalue weighted by Gasteiger charge is 2.33. The molecule has 0 aromatic carbocycles. The lowest BCUT2D eigenvalue weighted by atomic mass is 10.4. The highest BCUT2D eigenvalue weighted by molar-refractivity contribution is 5.12. The number of hydrogen-bond acceptors (Lipinski definition) is 3. The lowest BCUT2D eigenvalue weighted by Crippen LogP contribution is -2.38. The van der Waals surface area contributed by atoms with Crippen LogP contribution >= 0.6 is 0 Å². The maximum Gasteiger partial charge on any atom is 0.432 e. The maximum absolute atomic E-state index is 12.2. The first-order valence-corrected chi connectivity index (χ1v) is 4.40. The zero-order chi connectivity index (χ0) is 11.7. The van der Waals surface area contributed by atoms with E-state index in [2.05, 4.69) is 17.4 Å². The van der Waals surface area contributed by atoms with Crippen LogP contribution in [0.1, 0.15) is 6.42 Å². The molecule has 88 valence electrons. The van der Waals surface area contributed by atoms with Gasteiger partial charge in [0, 0.05) is 20.3 Å². The number of rotatable bonds is 7. The van der Waals surface area contributed by atoms with Crippen molar-refractivity contribution in [1.82, 2.24) is 10.9 Å². The summed E-state index contributed by atoms with van der Waals surface area (Å²) in [6, 6.07) is 0. The van der Waals surface area contributed by atoms with Gasteiger partial charge in [-0.05, 0) is 12.5 Å². The molecule has 3 nitrogen and oxygen atoms in total. The Bertz CT molecular complexity index is 214. The number of allylic oxidation sites excluding steroid dienone is 3. The quantitative estimate of drug-likeness (QED) is 0.392. The molecule has 0 unspecified atom stereocenters. The molecule has 0 radical (unpaired) electrons. The molecule has 2 N–H and O–H groups in total. The molecule has 0 saturated heterocycles. The van der Waals surface area contributed by atoms with E-state index in [1.807, 2.05) is 0 Å². The minimum absolute atomic E-state index is 0.387. The lowest BCUT2D eigenvalue weighted by molar-refractivity contribution is -0.0980. The fourth-order valence-electron chi connectivity index (χ4n) is 0.787. The molecule has 0 aromatic heterocycles. The van der Waals surface area contributed by atoms with Crippen LogP contribution in [0.4, 0.5) is 13.2 Å². The molecular formula is C9H15F3N2O. The predicted molar refractivity (Wildman–Crippen MR) is 52.0 cm³/mol. The predicted octanol–water partition coefficient (Wildman–Crippen LogP) is 1.75. The van der Waals surface area contributed by atoms with Gasteiger partial charge in [0.05, 0.1) is 0 Å². The third-order valence-corrected chi connectivity index (χ3v) is 1.46. The van der Waals surface area contributed by atoms with Gasteiger partial charge in [0.15, 0.2) is 0 Å². The van der Waals surface area contributed by atoms with Crippen LogP contribution in [0.25, 0.3) is 0 Å². The summed E-state index contributed by atoms with van der Waals surface area (Å²) in [5.41, 5.74) is 3.66. The van der Waals surface area contributed by atoms with E-state index in [0.717, 1.165) is 12.2 Å². The van der Waals surface area contributed by atoms with E-state index in [-0.39, 0.29) is 0 Å². The molecule has 0 aliphatic carbocycles. The second-order valence-corrected chi connectivity index (χ2v) is 2.71. The van der Waals surface area contributed by atoms with Crippen molar-refractivity contribution >= 4 is 0 Å². The number of hydrogen-bond donors (Lipinski definition) is 2. The fraction of sp³-hybridized carbons (Fsp3) is 0.556. The van der Waals surface area contributed by atoms with Crippen molar-refractivity contribution in [3.63, 3.8) is 0 Å². The molecule has 0 aliphatic rings. The number of alkyl halides is 3. The van der Waals surface area contributed by atoms with E-state index < -0.39 is 11.9 Å². The molecule has 0 aliphatic heterocycles. The smallest absolute Gasteiger partial charge is 0.385 e. The van der Waals surface area contributed by atoms with Gasteiger partial charge in [0.1, 0.15) is 5.70 Å². The number of nitrogens with one attached hydrogen (secondary N) is 2. The Morgan fingerprint density at radius 1 is 1.47 bits per heavy atom. The van der Waals surface area contributed by atoms with Gasteiger partial charge >= 0.3 is 6.18 Å². The van der Waals surface area contributed by atoms with E-state index in [9.17, 15) is 13.2 Å².